The first kappa shape index (κ1) is 17.7. The molecule has 0 aromatic heterocycles. The van der Waals surface area contributed by atoms with E-state index in [1.54, 1.807) is 27.4 Å². The molecule has 5 nitrogen and oxygen atoms in total. The van der Waals surface area contributed by atoms with E-state index in [4.69, 9.17) is 14.2 Å². The van der Waals surface area contributed by atoms with Crippen molar-refractivity contribution in [3.63, 3.8) is 0 Å². The van der Waals surface area contributed by atoms with Crippen LogP contribution in [0.25, 0.3) is 0 Å². The van der Waals surface area contributed by atoms with E-state index in [0.717, 1.165) is 16.7 Å². The average Bonchev–Trinajstić information content (AvgIpc) is 2.60. The summed E-state index contributed by atoms with van der Waals surface area (Å²) in [6.45, 7) is 2.53. The largest absolute Gasteiger partial charge is 0.493 e. The first-order valence-corrected chi connectivity index (χ1v) is 7.69. The van der Waals surface area contributed by atoms with Gasteiger partial charge in [0.15, 0.2) is 11.5 Å². The van der Waals surface area contributed by atoms with Crippen LogP contribution in [0.1, 0.15) is 16.7 Å². The summed E-state index contributed by atoms with van der Waals surface area (Å²) >= 11 is 0. The van der Waals surface area contributed by atoms with Crippen LogP contribution in [0.15, 0.2) is 36.4 Å². The number of ether oxygens (including phenoxy) is 3. The van der Waals surface area contributed by atoms with Gasteiger partial charge in [0.25, 0.3) is 0 Å². The SMILES string of the molecule is COc1ccc(CC(=O)NCc2ccccc2C)c(OC)c1OC. The summed E-state index contributed by atoms with van der Waals surface area (Å²) < 4.78 is 16.0. The van der Waals surface area contributed by atoms with Gasteiger partial charge in [0.05, 0.1) is 27.8 Å². The molecule has 0 saturated carbocycles. The van der Waals surface area contributed by atoms with Crippen molar-refractivity contribution in [3.8, 4) is 17.2 Å². The number of methoxy groups -OCH3 is 3. The number of hydrogen-bond donors (Lipinski definition) is 1. The highest BCUT2D eigenvalue weighted by Crippen LogP contribution is 2.39. The quantitative estimate of drug-likeness (QED) is 0.848. The van der Waals surface area contributed by atoms with Crippen LogP contribution in [0.5, 0.6) is 17.2 Å². The molecule has 0 aliphatic heterocycles. The van der Waals surface area contributed by atoms with Crippen LogP contribution in [-0.4, -0.2) is 27.2 Å². The highest BCUT2D eigenvalue weighted by molar-refractivity contribution is 5.80. The molecule has 0 unspecified atom stereocenters. The topological polar surface area (TPSA) is 56.8 Å². The second kappa shape index (κ2) is 8.24. The second-order valence-electron chi connectivity index (χ2n) is 5.37. The van der Waals surface area contributed by atoms with Gasteiger partial charge in [-0.2, -0.15) is 0 Å². The summed E-state index contributed by atoms with van der Waals surface area (Å²) in [6.07, 6.45) is 0.204. The van der Waals surface area contributed by atoms with Gasteiger partial charge in [0, 0.05) is 12.1 Å². The maximum Gasteiger partial charge on any atom is 0.224 e. The van der Waals surface area contributed by atoms with Gasteiger partial charge >= 0.3 is 0 Å². The van der Waals surface area contributed by atoms with Gasteiger partial charge in [-0.25, -0.2) is 0 Å². The third-order valence-electron chi connectivity index (χ3n) is 3.87. The monoisotopic (exact) mass is 329 g/mol. The summed E-state index contributed by atoms with van der Waals surface area (Å²) in [6, 6.07) is 11.6. The zero-order valence-corrected chi connectivity index (χ0v) is 14.5. The molecule has 0 radical (unpaired) electrons. The predicted molar refractivity (Wildman–Crippen MR) is 92.8 cm³/mol. The zero-order chi connectivity index (χ0) is 17.5. The summed E-state index contributed by atoms with van der Waals surface area (Å²) in [5.74, 6) is 1.49. The molecule has 0 atom stereocenters. The number of aryl methyl sites for hydroxylation is 1. The Balaban J connectivity index is 2.10. The number of carbonyl (C=O) groups is 1. The standard InChI is InChI=1S/C19H23NO4/c1-13-7-5-6-8-15(13)12-20-17(21)11-14-9-10-16(22-2)19(24-4)18(14)23-3/h5-10H,11-12H2,1-4H3,(H,20,21). The van der Waals surface area contributed by atoms with Crippen molar-refractivity contribution >= 4 is 5.91 Å². The van der Waals surface area contributed by atoms with Crippen molar-refractivity contribution in [3.05, 3.63) is 53.1 Å². The minimum Gasteiger partial charge on any atom is -0.493 e. The number of rotatable bonds is 7. The molecule has 0 bridgehead atoms. The van der Waals surface area contributed by atoms with E-state index in [9.17, 15) is 4.79 Å². The Hall–Kier alpha value is -2.69. The smallest absolute Gasteiger partial charge is 0.224 e. The van der Waals surface area contributed by atoms with E-state index in [0.29, 0.717) is 23.8 Å². The molecular weight excluding hydrogens is 306 g/mol. The van der Waals surface area contributed by atoms with Crippen LogP contribution in [0.3, 0.4) is 0 Å². The molecule has 1 amide bonds. The molecule has 5 heteroatoms. The zero-order valence-electron chi connectivity index (χ0n) is 14.5. The lowest BCUT2D eigenvalue weighted by Gasteiger charge is -2.15. The lowest BCUT2D eigenvalue weighted by atomic mass is 10.1. The minimum absolute atomic E-state index is 0.0798. The Kier molecular flexibility index (Phi) is 6.07. The molecule has 2 rings (SSSR count). The van der Waals surface area contributed by atoms with Crippen LogP contribution in [-0.2, 0) is 17.8 Å². The fraction of sp³-hybridized carbons (Fsp3) is 0.316. The third kappa shape index (κ3) is 3.98. The highest BCUT2D eigenvalue weighted by atomic mass is 16.5. The van der Waals surface area contributed by atoms with Crippen molar-refractivity contribution < 1.29 is 19.0 Å². The maximum atomic E-state index is 12.3. The molecular formula is C19H23NO4. The number of benzene rings is 2. The van der Waals surface area contributed by atoms with Crippen molar-refractivity contribution in [2.75, 3.05) is 21.3 Å². The molecule has 0 aliphatic carbocycles. The summed E-state index contributed by atoms with van der Waals surface area (Å²) in [4.78, 5) is 12.3. The Morgan fingerprint density at radius 1 is 0.917 bits per heavy atom. The summed E-state index contributed by atoms with van der Waals surface area (Å²) in [5, 5.41) is 2.94. The van der Waals surface area contributed by atoms with Crippen LogP contribution in [0, 0.1) is 6.92 Å². The van der Waals surface area contributed by atoms with Gasteiger partial charge < -0.3 is 19.5 Å². The van der Waals surface area contributed by atoms with Crippen molar-refractivity contribution in [2.45, 2.75) is 19.9 Å². The molecule has 0 spiro atoms. The lowest BCUT2D eigenvalue weighted by molar-refractivity contribution is -0.120. The molecule has 0 saturated heterocycles. The fourth-order valence-electron chi connectivity index (χ4n) is 2.54. The number of nitrogens with one attached hydrogen (secondary N) is 1. The van der Waals surface area contributed by atoms with E-state index in [2.05, 4.69) is 5.32 Å². The van der Waals surface area contributed by atoms with Gasteiger partial charge in [-0.15, -0.1) is 0 Å². The molecule has 0 aliphatic rings. The van der Waals surface area contributed by atoms with Crippen LogP contribution >= 0.6 is 0 Å². The number of hydrogen-bond acceptors (Lipinski definition) is 4. The molecule has 2 aromatic carbocycles. The maximum absolute atomic E-state index is 12.3. The predicted octanol–water partition coefficient (Wildman–Crippen LogP) is 2.88. The minimum atomic E-state index is -0.0798. The summed E-state index contributed by atoms with van der Waals surface area (Å²) in [7, 11) is 4.65. The first-order valence-electron chi connectivity index (χ1n) is 7.69. The van der Waals surface area contributed by atoms with E-state index < -0.39 is 0 Å². The summed E-state index contributed by atoms with van der Waals surface area (Å²) in [5.41, 5.74) is 3.00. The van der Waals surface area contributed by atoms with Gasteiger partial charge in [-0.1, -0.05) is 30.3 Å². The highest BCUT2D eigenvalue weighted by Gasteiger charge is 2.17. The van der Waals surface area contributed by atoms with Gasteiger partial charge in [-0.05, 0) is 24.1 Å². The molecule has 1 N–H and O–H groups in total. The first-order chi connectivity index (χ1) is 11.6. The van der Waals surface area contributed by atoms with Crippen molar-refractivity contribution in [1.82, 2.24) is 5.32 Å². The number of amides is 1. The van der Waals surface area contributed by atoms with Gasteiger partial charge in [-0.3, -0.25) is 4.79 Å². The Morgan fingerprint density at radius 3 is 2.25 bits per heavy atom. The van der Waals surface area contributed by atoms with Crippen LogP contribution in [0.2, 0.25) is 0 Å². The fourth-order valence-corrected chi connectivity index (χ4v) is 2.54. The van der Waals surface area contributed by atoms with Gasteiger partial charge in [0.2, 0.25) is 11.7 Å². The van der Waals surface area contributed by atoms with E-state index in [-0.39, 0.29) is 12.3 Å². The molecule has 0 heterocycles. The lowest BCUT2D eigenvalue weighted by Crippen LogP contribution is -2.25. The van der Waals surface area contributed by atoms with Crippen molar-refractivity contribution in [2.24, 2.45) is 0 Å². The Labute approximate surface area is 142 Å². The molecule has 24 heavy (non-hydrogen) atoms. The molecule has 2 aromatic rings. The van der Waals surface area contributed by atoms with Crippen LogP contribution < -0.4 is 19.5 Å². The van der Waals surface area contributed by atoms with Crippen molar-refractivity contribution in [1.29, 1.82) is 0 Å². The molecule has 0 fully saturated rings. The van der Waals surface area contributed by atoms with E-state index in [1.807, 2.05) is 37.3 Å². The average molecular weight is 329 g/mol. The molecule has 128 valence electrons. The normalized spacial score (nSPS) is 10.2. The number of carbonyl (C=O) groups excluding carboxylic acids is 1. The van der Waals surface area contributed by atoms with Gasteiger partial charge in [0.1, 0.15) is 0 Å². The van der Waals surface area contributed by atoms with E-state index in [1.165, 1.54) is 0 Å². The third-order valence-corrected chi connectivity index (χ3v) is 3.87. The second-order valence-corrected chi connectivity index (χ2v) is 5.37. The Morgan fingerprint density at radius 2 is 1.62 bits per heavy atom. The van der Waals surface area contributed by atoms with Crippen LogP contribution in [0.4, 0.5) is 0 Å². The van der Waals surface area contributed by atoms with E-state index >= 15 is 0 Å². The Bertz CT molecular complexity index is 713.